The third-order valence-corrected chi connectivity index (χ3v) is 4.05. The molecule has 8 heteroatoms. The zero-order valence-corrected chi connectivity index (χ0v) is 14.9. The Morgan fingerprint density at radius 2 is 1.52 bits per heavy atom. The molecule has 8 nitrogen and oxygen atoms in total. The summed E-state index contributed by atoms with van der Waals surface area (Å²) in [7, 11) is 0. The minimum Gasteiger partial charge on any atom is -0.504 e. The maximum Gasteiger partial charge on any atom is 0.255 e. The molecule has 0 unspecified atom stereocenters. The molecule has 0 aromatic heterocycles. The van der Waals surface area contributed by atoms with Crippen LogP contribution in [0.5, 0.6) is 23.0 Å². The minimum atomic E-state index is -0.918. The zero-order chi connectivity index (χ0) is 20.1. The third-order valence-electron chi connectivity index (χ3n) is 4.05. The highest BCUT2D eigenvalue weighted by Gasteiger charge is 2.26. The maximum atomic E-state index is 12.5. The largest absolute Gasteiger partial charge is 0.504 e. The molecule has 0 heterocycles. The van der Waals surface area contributed by atoms with Crippen LogP contribution in [0.15, 0.2) is 36.4 Å². The Balaban J connectivity index is 2.10. The van der Waals surface area contributed by atoms with Gasteiger partial charge in [-0.3, -0.25) is 9.59 Å². The highest BCUT2D eigenvalue weighted by Crippen LogP contribution is 2.29. The molecular weight excluding hydrogens is 352 g/mol. The molecule has 0 aliphatic heterocycles. The van der Waals surface area contributed by atoms with Crippen LogP contribution in [0.3, 0.4) is 0 Å². The fourth-order valence-electron chi connectivity index (χ4n) is 2.48. The summed E-state index contributed by atoms with van der Waals surface area (Å²) < 4.78 is 0. The van der Waals surface area contributed by atoms with E-state index in [1.54, 1.807) is 19.9 Å². The van der Waals surface area contributed by atoms with E-state index < -0.39 is 29.4 Å². The van der Waals surface area contributed by atoms with Gasteiger partial charge in [-0.2, -0.15) is 0 Å². The normalized spacial score (nSPS) is 11.8. The average Bonchev–Trinajstić information content (AvgIpc) is 2.62. The van der Waals surface area contributed by atoms with Crippen molar-refractivity contribution >= 4 is 11.8 Å². The lowest BCUT2D eigenvalue weighted by atomic mass is 10.0. The van der Waals surface area contributed by atoms with Gasteiger partial charge in [-0.1, -0.05) is 32.0 Å². The van der Waals surface area contributed by atoms with Crippen molar-refractivity contribution in [2.75, 3.05) is 0 Å². The summed E-state index contributed by atoms with van der Waals surface area (Å²) in [6.45, 7) is 3.42. The van der Waals surface area contributed by atoms with Crippen LogP contribution in [0, 0.1) is 5.92 Å². The average molecular weight is 374 g/mol. The second-order valence-electron chi connectivity index (χ2n) is 6.37. The Kier molecular flexibility index (Phi) is 6.12. The summed E-state index contributed by atoms with van der Waals surface area (Å²) in [6.07, 6.45) is 0. The molecule has 1 atom stereocenters. The lowest BCUT2D eigenvalue weighted by molar-refractivity contribution is -0.124. The van der Waals surface area contributed by atoms with Gasteiger partial charge in [0.25, 0.3) is 5.91 Å². The lowest BCUT2D eigenvalue weighted by Crippen LogP contribution is -2.49. The molecule has 0 fully saturated rings. The van der Waals surface area contributed by atoms with Gasteiger partial charge in [0.15, 0.2) is 23.0 Å². The zero-order valence-electron chi connectivity index (χ0n) is 14.9. The summed E-state index contributed by atoms with van der Waals surface area (Å²) >= 11 is 0. The third kappa shape index (κ3) is 4.60. The van der Waals surface area contributed by atoms with Crippen LogP contribution in [0.25, 0.3) is 0 Å². The molecule has 2 amide bonds. The van der Waals surface area contributed by atoms with Crippen molar-refractivity contribution < 1.29 is 30.0 Å². The number of benzene rings is 2. The van der Waals surface area contributed by atoms with Crippen molar-refractivity contribution in [1.82, 2.24) is 10.6 Å². The fourth-order valence-corrected chi connectivity index (χ4v) is 2.48. The Hall–Kier alpha value is -3.42. The number of rotatable bonds is 6. The number of phenolic OH excluding ortho intramolecular Hbond substituents is 4. The van der Waals surface area contributed by atoms with Gasteiger partial charge >= 0.3 is 0 Å². The predicted octanol–water partition coefficient (Wildman–Crippen LogP) is 1.58. The minimum absolute atomic E-state index is 0.0461. The van der Waals surface area contributed by atoms with E-state index in [0.29, 0.717) is 5.56 Å². The first-order valence-electron chi connectivity index (χ1n) is 8.31. The molecule has 0 spiro atoms. The number of phenols is 4. The number of carbonyl (C=O) groups excluding carboxylic acids is 2. The van der Waals surface area contributed by atoms with E-state index in [0.717, 1.165) is 0 Å². The van der Waals surface area contributed by atoms with Crippen LogP contribution in [0.4, 0.5) is 0 Å². The number of amides is 2. The molecule has 0 radical (unpaired) electrons. The second kappa shape index (κ2) is 8.31. The summed E-state index contributed by atoms with van der Waals surface area (Å²) in [6, 6.07) is 7.44. The molecule has 2 rings (SSSR count). The van der Waals surface area contributed by atoms with Gasteiger partial charge < -0.3 is 31.1 Å². The van der Waals surface area contributed by atoms with E-state index in [-0.39, 0.29) is 29.5 Å². The number of hydrogen-bond acceptors (Lipinski definition) is 6. The molecule has 27 heavy (non-hydrogen) atoms. The summed E-state index contributed by atoms with van der Waals surface area (Å²) in [5, 5.41) is 43.7. The number of carbonyl (C=O) groups is 2. The smallest absolute Gasteiger partial charge is 0.255 e. The molecule has 0 saturated heterocycles. The standard InChI is InChI=1S/C19H22N2O6/c1-10(2)15(21-18(26)12-6-4-8-14(23)17(12)25)19(27)20-9-11-5-3-7-13(22)16(11)24/h3-8,10,15,22-25H,9H2,1-2H3,(H,20,27)(H,21,26)/t15-/m0/s1. The second-order valence-corrected chi connectivity index (χ2v) is 6.37. The number of aromatic hydroxyl groups is 4. The summed E-state index contributed by atoms with van der Waals surface area (Å²) in [4.78, 5) is 24.9. The predicted molar refractivity (Wildman–Crippen MR) is 97.5 cm³/mol. The lowest BCUT2D eigenvalue weighted by Gasteiger charge is -2.22. The van der Waals surface area contributed by atoms with E-state index in [1.165, 1.54) is 30.3 Å². The van der Waals surface area contributed by atoms with E-state index in [2.05, 4.69) is 10.6 Å². The van der Waals surface area contributed by atoms with E-state index in [1.807, 2.05) is 0 Å². The van der Waals surface area contributed by atoms with Gasteiger partial charge in [0.05, 0.1) is 5.56 Å². The molecule has 0 saturated carbocycles. The molecule has 6 N–H and O–H groups in total. The van der Waals surface area contributed by atoms with Crippen molar-refractivity contribution in [3.8, 4) is 23.0 Å². The van der Waals surface area contributed by atoms with Crippen LogP contribution in [0.2, 0.25) is 0 Å². The Morgan fingerprint density at radius 1 is 0.926 bits per heavy atom. The Bertz CT molecular complexity index is 850. The van der Waals surface area contributed by atoms with Crippen LogP contribution in [0.1, 0.15) is 29.8 Å². The maximum absolute atomic E-state index is 12.5. The van der Waals surface area contributed by atoms with Gasteiger partial charge in [-0.15, -0.1) is 0 Å². The van der Waals surface area contributed by atoms with Crippen molar-refractivity contribution in [3.63, 3.8) is 0 Å². The van der Waals surface area contributed by atoms with Crippen molar-refractivity contribution in [2.45, 2.75) is 26.4 Å². The van der Waals surface area contributed by atoms with E-state index >= 15 is 0 Å². The van der Waals surface area contributed by atoms with E-state index in [4.69, 9.17) is 0 Å². The monoisotopic (exact) mass is 374 g/mol. The Morgan fingerprint density at radius 3 is 2.15 bits per heavy atom. The van der Waals surface area contributed by atoms with Crippen molar-refractivity contribution in [1.29, 1.82) is 0 Å². The van der Waals surface area contributed by atoms with Crippen LogP contribution in [-0.4, -0.2) is 38.3 Å². The number of nitrogens with one attached hydrogen (secondary N) is 2. The summed E-state index contributed by atoms with van der Waals surface area (Å²) in [5.74, 6) is -3.11. The molecule has 0 bridgehead atoms. The van der Waals surface area contributed by atoms with Crippen molar-refractivity contribution in [2.24, 2.45) is 5.92 Å². The summed E-state index contributed by atoms with van der Waals surface area (Å²) in [5.41, 5.74) is 0.168. The van der Waals surface area contributed by atoms with Crippen LogP contribution in [-0.2, 0) is 11.3 Å². The fraction of sp³-hybridized carbons (Fsp3) is 0.263. The Labute approximate surface area is 156 Å². The van der Waals surface area contributed by atoms with Gasteiger partial charge in [-0.05, 0) is 24.1 Å². The molecule has 0 aliphatic rings. The van der Waals surface area contributed by atoms with Gasteiger partial charge in [-0.25, -0.2) is 0 Å². The molecule has 2 aromatic carbocycles. The van der Waals surface area contributed by atoms with Gasteiger partial charge in [0.1, 0.15) is 6.04 Å². The highest BCUT2D eigenvalue weighted by atomic mass is 16.3. The molecule has 144 valence electrons. The van der Waals surface area contributed by atoms with Crippen molar-refractivity contribution in [3.05, 3.63) is 47.5 Å². The van der Waals surface area contributed by atoms with Crippen LogP contribution >= 0.6 is 0 Å². The van der Waals surface area contributed by atoms with E-state index in [9.17, 15) is 30.0 Å². The first-order valence-corrected chi connectivity index (χ1v) is 8.31. The van der Waals surface area contributed by atoms with Gasteiger partial charge in [0.2, 0.25) is 5.91 Å². The molecule has 2 aromatic rings. The highest BCUT2D eigenvalue weighted by molar-refractivity contribution is 6.00. The molecular formula is C19H22N2O6. The SMILES string of the molecule is CC(C)[C@H](NC(=O)c1cccc(O)c1O)C(=O)NCc1cccc(O)c1O. The molecule has 0 aliphatic carbocycles. The quantitative estimate of drug-likeness (QED) is 0.424. The number of para-hydroxylation sites is 2. The first kappa shape index (κ1) is 19.9. The van der Waals surface area contributed by atoms with Crippen LogP contribution < -0.4 is 10.6 Å². The number of hydrogen-bond donors (Lipinski definition) is 6. The topological polar surface area (TPSA) is 139 Å². The first-order chi connectivity index (χ1) is 12.7. The van der Waals surface area contributed by atoms with Gasteiger partial charge in [0, 0.05) is 12.1 Å².